The van der Waals surface area contributed by atoms with Gasteiger partial charge in [-0.3, -0.25) is 9.59 Å². The number of fused-ring (bicyclic) bond motifs is 1. The number of carbonyl (C=O) groups excluding carboxylic acids is 2. The lowest BCUT2D eigenvalue weighted by Crippen LogP contribution is -2.39. The van der Waals surface area contributed by atoms with Crippen LogP contribution in [0.15, 0.2) is 35.7 Å². The van der Waals surface area contributed by atoms with E-state index in [-0.39, 0.29) is 18.6 Å². The molecule has 2 heterocycles. The molecule has 3 rings (SSSR count). The molecule has 6 heteroatoms. The number of hydrogen-bond acceptors (Lipinski definition) is 4. The molecule has 2 N–H and O–H groups in total. The molecule has 0 saturated heterocycles. The van der Waals surface area contributed by atoms with Crippen molar-refractivity contribution in [3.05, 3.63) is 51.7 Å². The number of ether oxygens (including phenoxy) is 1. The lowest BCUT2D eigenvalue weighted by molar-refractivity contribution is -0.119. The van der Waals surface area contributed by atoms with Crippen LogP contribution in [0.3, 0.4) is 0 Å². The van der Waals surface area contributed by atoms with Gasteiger partial charge in [0.2, 0.25) is 0 Å². The van der Waals surface area contributed by atoms with Gasteiger partial charge in [-0.15, -0.1) is 11.3 Å². The third-order valence-electron chi connectivity index (χ3n) is 4.22. The molecule has 2 aromatic rings. The SMILES string of the molecule is CC[C@H]1c2ccsc2CCN1C(=O)c1ccc(OCC(N)=O)cc1. The van der Waals surface area contributed by atoms with Crippen molar-refractivity contribution in [2.24, 2.45) is 5.73 Å². The summed E-state index contributed by atoms with van der Waals surface area (Å²) in [6, 6.07) is 9.12. The average Bonchev–Trinajstić information content (AvgIpc) is 3.07. The summed E-state index contributed by atoms with van der Waals surface area (Å²) < 4.78 is 5.23. The summed E-state index contributed by atoms with van der Waals surface area (Å²) in [6.45, 7) is 2.68. The molecule has 1 aliphatic rings. The van der Waals surface area contributed by atoms with Crippen LogP contribution in [0.5, 0.6) is 5.75 Å². The highest BCUT2D eigenvalue weighted by Gasteiger charge is 2.30. The van der Waals surface area contributed by atoms with Crippen molar-refractivity contribution >= 4 is 23.2 Å². The molecule has 0 aliphatic carbocycles. The van der Waals surface area contributed by atoms with Gasteiger partial charge in [0.25, 0.3) is 11.8 Å². The number of thiophene rings is 1. The molecule has 0 fully saturated rings. The Kier molecular flexibility index (Phi) is 4.85. The predicted octanol–water partition coefficient (Wildman–Crippen LogP) is 2.76. The number of carbonyl (C=O) groups is 2. The number of primary amides is 1. The molecule has 1 aliphatic heterocycles. The summed E-state index contributed by atoms with van der Waals surface area (Å²) in [4.78, 5) is 27.0. The van der Waals surface area contributed by atoms with E-state index in [1.807, 2.05) is 4.90 Å². The Hall–Kier alpha value is -2.34. The van der Waals surface area contributed by atoms with Crippen molar-refractivity contribution in [1.29, 1.82) is 0 Å². The van der Waals surface area contributed by atoms with Gasteiger partial charge in [0.1, 0.15) is 5.75 Å². The first-order valence-corrected chi connectivity index (χ1v) is 8.86. The zero-order valence-electron chi connectivity index (χ0n) is 13.5. The van der Waals surface area contributed by atoms with Crippen molar-refractivity contribution in [3.63, 3.8) is 0 Å². The van der Waals surface area contributed by atoms with Gasteiger partial charge in [-0.05, 0) is 54.1 Å². The van der Waals surface area contributed by atoms with E-state index in [0.29, 0.717) is 11.3 Å². The fraction of sp³-hybridized carbons (Fsp3) is 0.333. The maximum Gasteiger partial charge on any atom is 0.255 e. The molecule has 0 bridgehead atoms. The number of amides is 2. The Labute approximate surface area is 145 Å². The largest absolute Gasteiger partial charge is 0.484 e. The highest BCUT2D eigenvalue weighted by atomic mass is 32.1. The molecule has 126 valence electrons. The van der Waals surface area contributed by atoms with Crippen LogP contribution in [0.25, 0.3) is 0 Å². The third kappa shape index (κ3) is 3.28. The molecular weight excluding hydrogens is 324 g/mol. The van der Waals surface area contributed by atoms with Crippen LogP contribution in [0.1, 0.15) is 40.2 Å². The van der Waals surface area contributed by atoms with Gasteiger partial charge < -0.3 is 15.4 Å². The zero-order valence-corrected chi connectivity index (χ0v) is 14.3. The second-order valence-corrected chi connectivity index (χ2v) is 6.75. The van der Waals surface area contributed by atoms with Crippen molar-refractivity contribution in [3.8, 4) is 5.75 Å². The van der Waals surface area contributed by atoms with E-state index in [4.69, 9.17) is 10.5 Å². The lowest BCUT2D eigenvalue weighted by Gasteiger charge is -2.35. The van der Waals surface area contributed by atoms with Crippen LogP contribution in [-0.4, -0.2) is 29.9 Å². The van der Waals surface area contributed by atoms with Gasteiger partial charge in [0.15, 0.2) is 6.61 Å². The number of hydrogen-bond donors (Lipinski definition) is 1. The molecule has 1 atom stereocenters. The summed E-state index contributed by atoms with van der Waals surface area (Å²) in [6.07, 6.45) is 1.81. The van der Waals surface area contributed by atoms with Gasteiger partial charge in [0.05, 0.1) is 6.04 Å². The summed E-state index contributed by atoms with van der Waals surface area (Å²) in [5.41, 5.74) is 6.96. The number of rotatable bonds is 5. The molecule has 0 saturated carbocycles. The van der Waals surface area contributed by atoms with Gasteiger partial charge in [0, 0.05) is 17.0 Å². The minimum Gasteiger partial charge on any atom is -0.484 e. The van der Waals surface area contributed by atoms with Gasteiger partial charge in [-0.1, -0.05) is 6.92 Å². The van der Waals surface area contributed by atoms with Crippen LogP contribution in [0, 0.1) is 0 Å². The number of nitrogens with zero attached hydrogens (tertiary/aromatic N) is 1. The topological polar surface area (TPSA) is 72.6 Å². The lowest BCUT2D eigenvalue weighted by atomic mass is 9.97. The first-order chi connectivity index (χ1) is 11.6. The van der Waals surface area contributed by atoms with E-state index in [2.05, 4.69) is 18.4 Å². The molecule has 1 aromatic carbocycles. The molecule has 2 amide bonds. The van der Waals surface area contributed by atoms with Crippen LogP contribution < -0.4 is 10.5 Å². The fourth-order valence-corrected chi connectivity index (χ4v) is 4.02. The average molecular weight is 344 g/mol. The minimum atomic E-state index is -0.527. The Morgan fingerprint density at radius 3 is 2.71 bits per heavy atom. The van der Waals surface area contributed by atoms with E-state index in [1.54, 1.807) is 35.6 Å². The molecule has 0 radical (unpaired) electrons. The van der Waals surface area contributed by atoms with Crippen molar-refractivity contribution < 1.29 is 14.3 Å². The van der Waals surface area contributed by atoms with Crippen LogP contribution >= 0.6 is 11.3 Å². The van der Waals surface area contributed by atoms with E-state index in [1.165, 1.54) is 10.4 Å². The summed E-state index contributed by atoms with van der Waals surface area (Å²) in [7, 11) is 0. The van der Waals surface area contributed by atoms with Gasteiger partial charge in [-0.25, -0.2) is 0 Å². The summed E-state index contributed by atoms with van der Waals surface area (Å²) in [5.74, 6) is 0.0251. The smallest absolute Gasteiger partial charge is 0.255 e. The van der Waals surface area contributed by atoms with E-state index < -0.39 is 5.91 Å². The first kappa shape index (κ1) is 16.5. The maximum absolute atomic E-state index is 12.9. The Balaban J connectivity index is 1.75. The molecule has 1 aromatic heterocycles. The number of nitrogens with two attached hydrogens (primary N) is 1. The summed E-state index contributed by atoms with van der Waals surface area (Å²) in [5, 5.41) is 2.10. The maximum atomic E-state index is 12.9. The molecule has 0 spiro atoms. The first-order valence-electron chi connectivity index (χ1n) is 7.98. The minimum absolute atomic E-state index is 0.0279. The highest BCUT2D eigenvalue weighted by molar-refractivity contribution is 7.10. The van der Waals surface area contributed by atoms with Crippen molar-refractivity contribution in [1.82, 2.24) is 4.90 Å². The molecular formula is C18H20N2O3S. The second kappa shape index (κ2) is 7.05. The van der Waals surface area contributed by atoms with Gasteiger partial charge >= 0.3 is 0 Å². The monoisotopic (exact) mass is 344 g/mol. The van der Waals surface area contributed by atoms with Crippen molar-refractivity contribution in [2.45, 2.75) is 25.8 Å². The molecule has 24 heavy (non-hydrogen) atoms. The zero-order chi connectivity index (χ0) is 17.1. The van der Waals surface area contributed by atoms with E-state index >= 15 is 0 Å². The highest BCUT2D eigenvalue weighted by Crippen LogP contribution is 2.36. The normalized spacial score (nSPS) is 16.5. The molecule has 0 unspecified atom stereocenters. The van der Waals surface area contributed by atoms with E-state index in [0.717, 1.165) is 19.4 Å². The fourth-order valence-electron chi connectivity index (χ4n) is 3.09. The quantitative estimate of drug-likeness (QED) is 0.906. The van der Waals surface area contributed by atoms with Gasteiger partial charge in [-0.2, -0.15) is 0 Å². The predicted molar refractivity (Wildman–Crippen MR) is 93.2 cm³/mol. The Morgan fingerprint density at radius 1 is 1.29 bits per heavy atom. The Morgan fingerprint density at radius 2 is 2.04 bits per heavy atom. The second-order valence-electron chi connectivity index (χ2n) is 5.75. The third-order valence-corrected chi connectivity index (χ3v) is 5.22. The van der Waals surface area contributed by atoms with Crippen molar-refractivity contribution in [2.75, 3.05) is 13.2 Å². The van der Waals surface area contributed by atoms with Crippen LogP contribution in [-0.2, 0) is 11.2 Å². The van der Waals surface area contributed by atoms with Crippen LogP contribution in [0.4, 0.5) is 0 Å². The van der Waals surface area contributed by atoms with Crippen LogP contribution in [0.2, 0.25) is 0 Å². The summed E-state index contributed by atoms with van der Waals surface area (Å²) >= 11 is 1.77. The molecule has 5 nitrogen and oxygen atoms in total. The standard InChI is InChI=1S/C18H20N2O3S/c1-2-15-14-8-10-24-16(14)7-9-20(15)18(22)12-3-5-13(6-4-12)23-11-17(19)21/h3-6,8,10,15H,2,7,9,11H2,1H3,(H2,19,21)/t15-/m0/s1. The number of benzene rings is 1. The Bertz CT molecular complexity index is 739. The van der Waals surface area contributed by atoms with E-state index in [9.17, 15) is 9.59 Å².